The molecule has 1 saturated heterocycles. The molecule has 34 heavy (non-hydrogen) atoms. The first-order chi connectivity index (χ1) is 15.9. The third-order valence-electron chi connectivity index (χ3n) is 4.69. The van der Waals surface area contributed by atoms with Gasteiger partial charge in [0.25, 0.3) is 0 Å². The fourth-order valence-corrected chi connectivity index (χ4v) is 3.26. The second kappa shape index (κ2) is 14.5. The first-order valence-corrected chi connectivity index (χ1v) is 11.3. The average molecular weight is 489 g/mol. The van der Waals surface area contributed by atoms with Crippen molar-refractivity contribution in [2.24, 2.45) is 5.92 Å². The number of hydrogen-bond donors (Lipinski definition) is 2. The van der Waals surface area contributed by atoms with Crippen LogP contribution in [0.4, 0.5) is 0 Å². The van der Waals surface area contributed by atoms with Crippen LogP contribution in [0.15, 0.2) is 0 Å². The SMILES string of the molecule is CC(=O)N[C@H]1[C@H](OCCCCCNC(=O)C(C)C)O[C@H](OC(C)=O)[C@H](OC(C)=O)[C@@H]1OC(C)=O. The van der Waals surface area contributed by atoms with Crippen molar-refractivity contribution in [1.29, 1.82) is 0 Å². The van der Waals surface area contributed by atoms with Gasteiger partial charge in [-0.05, 0) is 19.3 Å². The summed E-state index contributed by atoms with van der Waals surface area (Å²) in [6.07, 6.45) is -3.06. The molecule has 0 unspecified atom stereocenters. The van der Waals surface area contributed by atoms with Crippen molar-refractivity contribution in [2.45, 2.75) is 91.6 Å². The van der Waals surface area contributed by atoms with Gasteiger partial charge in [0.2, 0.25) is 24.2 Å². The van der Waals surface area contributed by atoms with Crippen LogP contribution in [0.1, 0.15) is 60.8 Å². The molecule has 194 valence electrons. The van der Waals surface area contributed by atoms with Crippen molar-refractivity contribution in [3.63, 3.8) is 0 Å². The minimum atomic E-state index is -1.42. The highest BCUT2D eigenvalue weighted by Crippen LogP contribution is 2.28. The Morgan fingerprint density at radius 3 is 1.91 bits per heavy atom. The van der Waals surface area contributed by atoms with E-state index in [1.54, 1.807) is 0 Å². The Kier molecular flexibility index (Phi) is 12.5. The van der Waals surface area contributed by atoms with Gasteiger partial charge < -0.3 is 34.3 Å². The predicted molar refractivity (Wildman–Crippen MR) is 117 cm³/mol. The predicted octanol–water partition coefficient (Wildman–Crippen LogP) is 0.559. The third-order valence-corrected chi connectivity index (χ3v) is 4.69. The van der Waals surface area contributed by atoms with Crippen LogP contribution in [-0.4, -0.2) is 73.7 Å². The average Bonchev–Trinajstić information content (AvgIpc) is 2.70. The normalized spacial score (nSPS) is 24.1. The maximum atomic E-state index is 11.8. The second-order valence-electron chi connectivity index (χ2n) is 8.23. The van der Waals surface area contributed by atoms with Crippen LogP contribution < -0.4 is 10.6 Å². The van der Waals surface area contributed by atoms with E-state index in [0.29, 0.717) is 13.0 Å². The van der Waals surface area contributed by atoms with Crippen LogP contribution in [0.3, 0.4) is 0 Å². The molecule has 2 N–H and O–H groups in total. The highest BCUT2D eigenvalue weighted by atomic mass is 16.8. The molecular weight excluding hydrogens is 452 g/mol. The Morgan fingerprint density at radius 1 is 0.794 bits per heavy atom. The number of unbranched alkanes of at least 4 members (excludes halogenated alkanes) is 2. The number of rotatable bonds is 12. The number of ether oxygens (including phenoxy) is 5. The molecule has 1 aliphatic heterocycles. The molecule has 0 radical (unpaired) electrons. The van der Waals surface area contributed by atoms with Gasteiger partial charge in [0.05, 0.1) is 0 Å². The molecule has 1 aliphatic rings. The molecule has 0 bridgehead atoms. The summed E-state index contributed by atoms with van der Waals surface area (Å²) < 4.78 is 27.2. The Labute approximate surface area is 199 Å². The Hall–Kier alpha value is -2.73. The van der Waals surface area contributed by atoms with E-state index >= 15 is 0 Å². The van der Waals surface area contributed by atoms with Gasteiger partial charge in [-0.2, -0.15) is 0 Å². The summed E-state index contributed by atoms with van der Waals surface area (Å²) in [6.45, 7) is 9.06. The van der Waals surface area contributed by atoms with Crippen LogP contribution >= 0.6 is 0 Å². The van der Waals surface area contributed by atoms with E-state index in [4.69, 9.17) is 23.7 Å². The molecular formula is C22H36N2O10. The van der Waals surface area contributed by atoms with Crippen LogP contribution in [-0.2, 0) is 47.7 Å². The van der Waals surface area contributed by atoms with E-state index in [1.165, 1.54) is 6.92 Å². The molecule has 0 aromatic rings. The van der Waals surface area contributed by atoms with Crippen LogP contribution in [0, 0.1) is 5.92 Å². The van der Waals surface area contributed by atoms with Crippen molar-refractivity contribution in [1.82, 2.24) is 10.6 Å². The van der Waals surface area contributed by atoms with E-state index in [2.05, 4.69) is 10.6 Å². The standard InChI is InChI=1S/C22H36N2O10/c1-12(2)20(29)23-10-8-7-9-11-30-21-17(24-13(3)25)18(31-14(4)26)19(32-15(5)27)22(34-21)33-16(6)28/h12,17-19,21-22H,7-11H2,1-6H3,(H,23,29)(H,24,25)/t17-,18-,19-,21-,22+/m1/s1. The fourth-order valence-electron chi connectivity index (χ4n) is 3.26. The summed E-state index contributed by atoms with van der Waals surface area (Å²) >= 11 is 0. The highest BCUT2D eigenvalue weighted by molar-refractivity contribution is 5.77. The second-order valence-corrected chi connectivity index (χ2v) is 8.23. The van der Waals surface area contributed by atoms with E-state index in [9.17, 15) is 24.0 Å². The van der Waals surface area contributed by atoms with Crippen molar-refractivity contribution in [2.75, 3.05) is 13.2 Å². The molecule has 0 aromatic carbocycles. The quantitative estimate of drug-likeness (QED) is 0.226. The number of hydrogen-bond acceptors (Lipinski definition) is 10. The highest BCUT2D eigenvalue weighted by Gasteiger charge is 2.52. The monoisotopic (exact) mass is 488 g/mol. The molecule has 0 aromatic heterocycles. The summed E-state index contributed by atoms with van der Waals surface area (Å²) in [6, 6.07) is -1.04. The Morgan fingerprint density at radius 2 is 1.38 bits per heavy atom. The molecule has 0 saturated carbocycles. The van der Waals surface area contributed by atoms with Gasteiger partial charge in [-0.15, -0.1) is 0 Å². The zero-order chi connectivity index (χ0) is 25.8. The zero-order valence-electron chi connectivity index (χ0n) is 20.6. The summed E-state index contributed by atoms with van der Waals surface area (Å²) in [5.74, 6) is -2.71. The summed E-state index contributed by atoms with van der Waals surface area (Å²) in [5.41, 5.74) is 0. The Bertz CT molecular complexity index is 726. The minimum absolute atomic E-state index is 0.0136. The summed E-state index contributed by atoms with van der Waals surface area (Å²) in [4.78, 5) is 58.4. The van der Waals surface area contributed by atoms with Gasteiger partial charge in [-0.3, -0.25) is 24.0 Å². The number of carbonyl (C=O) groups excluding carboxylic acids is 5. The Balaban J connectivity index is 2.88. The van der Waals surface area contributed by atoms with Crippen molar-refractivity contribution < 1.29 is 47.7 Å². The number of esters is 3. The molecule has 1 rings (SSSR count). The van der Waals surface area contributed by atoms with E-state index in [-0.39, 0.29) is 18.4 Å². The van der Waals surface area contributed by atoms with Crippen LogP contribution in [0.2, 0.25) is 0 Å². The first-order valence-electron chi connectivity index (χ1n) is 11.3. The van der Waals surface area contributed by atoms with Gasteiger partial charge in [0, 0.05) is 46.8 Å². The van der Waals surface area contributed by atoms with Gasteiger partial charge >= 0.3 is 17.9 Å². The van der Waals surface area contributed by atoms with Crippen molar-refractivity contribution >= 4 is 29.7 Å². The first kappa shape index (κ1) is 29.3. The summed E-state index contributed by atoms with van der Waals surface area (Å²) in [7, 11) is 0. The number of amides is 2. The topological polar surface area (TPSA) is 156 Å². The zero-order valence-corrected chi connectivity index (χ0v) is 20.6. The van der Waals surface area contributed by atoms with E-state index in [0.717, 1.165) is 33.6 Å². The van der Waals surface area contributed by atoms with E-state index in [1.807, 2.05) is 13.8 Å². The lowest BCUT2D eigenvalue weighted by molar-refractivity contribution is -0.321. The fraction of sp³-hybridized carbons (Fsp3) is 0.773. The lowest BCUT2D eigenvalue weighted by atomic mass is 10.00. The molecule has 1 heterocycles. The largest absolute Gasteiger partial charge is 0.456 e. The van der Waals surface area contributed by atoms with Gasteiger partial charge in [-0.25, -0.2) is 0 Å². The van der Waals surface area contributed by atoms with Gasteiger partial charge in [0.1, 0.15) is 6.04 Å². The molecule has 0 aliphatic carbocycles. The molecule has 12 heteroatoms. The van der Waals surface area contributed by atoms with Gasteiger partial charge in [-0.1, -0.05) is 13.8 Å². The smallest absolute Gasteiger partial charge is 0.305 e. The lowest BCUT2D eigenvalue weighted by Gasteiger charge is -2.44. The maximum absolute atomic E-state index is 11.8. The van der Waals surface area contributed by atoms with Gasteiger partial charge in [0.15, 0.2) is 12.4 Å². The van der Waals surface area contributed by atoms with E-state index < -0.39 is 54.6 Å². The maximum Gasteiger partial charge on any atom is 0.305 e. The summed E-state index contributed by atoms with van der Waals surface area (Å²) in [5, 5.41) is 5.43. The number of nitrogens with one attached hydrogen (secondary N) is 2. The molecule has 12 nitrogen and oxygen atoms in total. The molecule has 2 amide bonds. The molecule has 5 atom stereocenters. The molecule has 0 spiro atoms. The number of carbonyl (C=O) groups is 5. The van der Waals surface area contributed by atoms with Crippen LogP contribution in [0.25, 0.3) is 0 Å². The van der Waals surface area contributed by atoms with Crippen molar-refractivity contribution in [3.8, 4) is 0 Å². The van der Waals surface area contributed by atoms with Crippen molar-refractivity contribution in [3.05, 3.63) is 0 Å². The third kappa shape index (κ3) is 10.5. The minimum Gasteiger partial charge on any atom is -0.456 e. The lowest BCUT2D eigenvalue weighted by Crippen LogP contribution is -2.66. The van der Waals surface area contributed by atoms with Crippen LogP contribution in [0.5, 0.6) is 0 Å². The molecule has 1 fully saturated rings.